The number of ether oxygens (including phenoxy) is 1. The smallest absolute Gasteiger partial charge is 0.115 e. The number of aromatic hydroxyl groups is 1. The zero-order chi connectivity index (χ0) is 15.7. The van der Waals surface area contributed by atoms with Crippen molar-refractivity contribution in [1.29, 1.82) is 0 Å². The summed E-state index contributed by atoms with van der Waals surface area (Å²) >= 11 is 0. The van der Waals surface area contributed by atoms with Crippen molar-refractivity contribution in [1.82, 2.24) is 15.0 Å². The minimum Gasteiger partial charge on any atom is -0.508 e. The van der Waals surface area contributed by atoms with E-state index in [0.29, 0.717) is 6.61 Å². The lowest BCUT2D eigenvalue weighted by molar-refractivity contribution is -0.0311. The fourth-order valence-electron chi connectivity index (χ4n) is 2.69. The molecule has 6 nitrogen and oxygen atoms in total. The number of phenolic OH excluding ortho intramolecular Hbond substituents is 1. The number of aromatic nitrogens is 3. The zero-order valence-corrected chi connectivity index (χ0v) is 12.8. The van der Waals surface area contributed by atoms with E-state index in [2.05, 4.69) is 10.3 Å². The molecular weight excluding hydrogens is 282 g/mol. The normalized spacial score (nSPS) is 23.8. The number of hydrogen-bond donors (Lipinski definition) is 2. The number of rotatable bonds is 4. The largest absolute Gasteiger partial charge is 0.508 e. The molecule has 22 heavy (non-hydrogen) atoms. The van der Waals surface area contributed by atoms with Gasteiger partial charge in [0.1, 0.15) is 17.9 Å². The van der Waals surface area contributed by atoms with Crippen LogP contribution in [-0.2, 0) is 17.6 Å². The van der Waals surface area contributed by atoms with Gasteiger partial charge >= 0.3 is 0 Å². The molecule has 1 aliphatic heterocycles. The monoisotopic (exact) mass is 303 g/mol. The molecule has 0 aliphatic carbocycles. The summed E-state index contributed by atoms with van der Waals surface area (Å²) in [6.07, 6.45) is 2.87. The van der Waals surface area contributed by atoms with E-state index in [1.165, 1.54) is 0 Å². The Bertz CT molecular complexity index is 636. The predicted molar refractivity (Wildman–Crippen MR) is 80.6 cm³/mol. The fraction of sp³-hybridized carbons (Fsp3) is 0.500. The van der Waals surface area contributed by atoms with Gasteiger partial charge in [-0.05, 0) is 44.4 Å². The van der Waals surface area contributed by atoms with Crippen LogP contribution in [0.15, 0.2) is 30.5 Å². The molecular formula is C16H21N3O3. The van der Waals surface area contributed by atoms with Gasteiger partial charge in [0.25, 0.3) is 0 Å². The Morgan fingerprint density at radius 1 is 1.27 bits per heavy atom. The molecule has 1 aromatic heterocycles. The molecule has 6 heteroatoms. The number of aryl methyl sites for hydroxylation is 2. The second-order valence-corrected chi connectivity index (χ2v) is 6.28. The molecule has 2 atom stereocenters. The summed E-state index contributed by atoms with van der Waals surface area (Å²) in [5.74, 6) is 0.271. The van der Waals surface area contributed by atoms with Crippen molar-refractivity contribution in [3.05, 3.63) is 41.7 Å². The molecule has 0 amide bonds. The first-order valence-corrected chi connectivity index (χ1v) is 7.46. The lowest BCUT2D eigenvalue weighted by atomic mass is 9.99. The molecule has 3 rings (SSSR count). The van der Waals surface area contributed by atoms with E-state index >= 15 is 0 Å². The van der Waals surface area contributed by atoms with Gasteiger partial charge < -0.3 is 14.9 Å². The molecule has 0 radical (unpaired) electrons. The van der Waals surface area contributed by atoms with E-state index in [4.69, 9.17) is 4.74 Å². The van der Waals surface area contributed by atoms with Crippen molar-refractivity contribution in [3.63, 3.8) is 0 Å². The van der Waals surface area contributed by atoms with Crippen molar-refractivity contribution in [2.24, 2.45) is 0 Å². The molecule has 0 bridgehead atoms. The molecule has 118 valence electrons. The Kier molecular flexibility index (Phi) is 3.88. The van der Waals surface area contributed by atoms with E-state index in [1.54, 1.807) is 16.8 Å². The minimum absolute atomic E-state index is 0.190. The average Bonchev–Trinajstić information content (AvgIpc) is 3.04. The predicted octanol–water partition coefficient (Wildman–Crippen LogP) is 1.48. The van der Waals surface area contributed by atoms with Gasteiger partial charge in [0, 0.05) is 6.20 Å². The van der Waals surface area contributed by atoms with Crippen LogP contribution in [0.5, 0.6) is 5.75 Å². The molecule has 0 spiro atoms. The molecule has 1 saturated heterocycles. The highest BCUT2D eigenvalue weighted by atomic mass is 16.5. The summed E-state index contributed by atoms with van der Waals surface area (Å²) in [4.78, 5) is 0. The third-order valence-electron chi connectivity index (χ3n) is 4.21. The number of aliphatic hydroxyl groups excluding tert-OH is 1. The average molecular weight is 303 g/mol. The van der Waals surface area contributed by atoms with Crippen LogP contribution in [0.4, 0.5) is 0 Å². The highest BCUT2D eigenvalue weighted by Crippen LogP contribution is 2.32. The third-order valence-corrected chi connectivity index (χ3v) is 4.21. The van der Waals surface area contributed by atoms with Crippen LogP contribution in [0.3, 0.4) is 0 Å². The van der Waals surface area contributed by atoms with Crippen LogP contribution in [0.25, 0.3) is 0 Å². The molecule has 2 aromatic rings. The number of aliphatic hydroxyl groups is 1. The highest BCUT2D eigenvalue weighted by molar-refractivity contribution is 5.26. The quantitative estimate of drug-likeness (QED) is 0.894. The minimum atomic E-state index is -0.598. The van der Waals surface area contributed by atoms with E-state index in [9.17, 15) is 10.2 Å². The topological polar surface area (TPSA) is 80.4 Å². The maximum atomic E-state index is 10.3. The van der Waals surface area contributed by atoms with Gasteiger partial charge in [-0.1, -0.05) is 17.3 Å². The van der Waals surface area contributed by atoms with Crippen LogP contribution >= 0.6 is 0 Å². The summed E-state index contributed by atoms with van der Waals surface area (Å²) in [5, 5.41) is 27.8. The van der Waals surface area contributed by atoms with Crippen LogP contribution in [0.2, 0.25) is 0 Å². The molecule has 1 aromatic carbocycles. The van der Waals surface area contributed by atoms with Gasteiger partial charge in [0.05, 0.1) is 17.9 Å². The van der Waals surface area contributed by atoms with Gasteiger partial charge in [-0.3, -0.25) is 0 Å². The summed E-state index contributed by atoms with van der Waals surface area (Å²) in [6, 6.07) is 6.97. The lowest BCUT2D eigenvalue weighted by Crippen LogP contribution is -2.36. The second-order valence-electron chi connectivity index (χ2n) is 6.28. The van der Waals surface area contributed by atoms with Crippen molar-refractivity contribution in [2.75, 3.05) is 6.61 Å². The van der Waals surface area contributed by atoms with Gasteiger partial charge in [0.2, 0.25) is 0 Å². The molecule has 1 aliphatic rings. The summed E-state index contributed by atoms with van der Waals surface area (Å²) in [5.41, 5.74) is 1.46. The Hall–Kier alpha value is -1.92. The molecule has 0 unspecified atom stereocenters. The Morgan fingerprint density at radius 3 is 2.64 bits per heavy atom. The van der Waals surface area contributed by atoms with Gasteiger partial charge in [-0.15, -0.1) is 5.10 Å². The lowest BCUT2D eigenvalue weighted by Gasteiger charge is -2.23. The highest BCUT2D eigenvalue weighted by Gasteiger charge is 2.43. The van der Waals surface area contributed by atoms with Crippen LogP contribution in [0.1, 0.15) is 31.1 Å². The van der Waals surface area contributed by atoms with E-state index < -0.39 is 11.7 Å². The van der Waals surface area contributed by atoms with Crippen molar-refractivity contribution < 1.29 is 14.9 Å². The Labute approximate surface area is 129 Å². The van der Waals surface area contributed by atoms with E-state index in [0.717, 1.165) is 24.1 Å². The van der Waals surface area contributed by atoms with Crippen molar-refractivity contribution >= 4 is 0 Å². The van der Waals surface area contributed by atoms with Crippen LogP contribution in [0, 0.1) is 0 Å². The fourth-order valence-corrected chi connectivity index (χ4v) is 2.69. The standard InChI is InChI=1S/C16H21N3O3/c1-16(2)15(21)14(10-22-16)19-9-12(17-18-19)6-3-11-4-7-13(20)8-5-11/h4-5,7-9,14-15,20-21H,3,6,10H2,1-2H3/t14-,15+/m0/s1. The van der Waals surface area contributed by atoms with Gasteiger partial charge in [-0.2, -0.15) is 0 Å². The van der Waals surface area contributed by atoms with E-state index in [-0.39, 0.29) is 11.8 Å². The maximum Gasteiger partial charge on any atom is 0.115 e. The van der Waals surface area contributed by atoms with Gasteiger partial charge in [0.15, 0.2) is 0 Å². The zero-order valence-electron chi connectivity index (χ0n) is 12.8. The van der Waals surface area contributed by atoms with Crippen LogP contribution < -0.4 is 0 Å². The number of phenols is 1. The van der Waals surface area contributed by atoms with Gasteiger partial charge in [-0.25, -0.2) is 4.68 Å². The first-order valence-electron chi connectivity index (χ1n) is 7.46. The molecule has 0 saturated carbocycles. The first-order chi connectivity index (χ1) is 10.5. The van der Waals surface area contributed by atoms with Crippen molar-refractivity contribution in [3.8, 4) is 5.75 Å². The third kappa shape index (κ3) is 2.98. The van der Waals surface area contributed by atoms with Crippen LogP contribution in [-0.4, -0.2) is 43.5 Å². The summed E-state index contributed by atoms with van der Waals surface area (Å²) < 4.78 is 7.31. The summed E-state index contributed by atoms with van der Waals surface area (Å²) in [6.45, 7) is 4.19. The SMILES string of the molecule is CC1(C)OC[C@H](n2cc(CCc3ccc(O)cc3)nn2)[C@H]1O. The second kappa shape index (κ2) is 5.70. The number of nitrogens with zero attached hydrogens (tertiary/aromatic N) is 3. The number of benzene rings is 1. The van der Waals surface area contributed by atoms with Crippen molar-refractivity contribution in [2.45, 2.75) is 44.4 Å². The molecule has 2 N–H and O–H groups in total. The molecule has 1 fully saturated rings. The first kappa shape index (κ1) is 15.0. The Morgan fingerprint density at radius 2 is 2.00 bits per heavy atom. The maximum absolute atomic E-state index is 10.3. The summed E-state index contributed by atoms with van der Waals surface area (Å²) in [7, 11) is 0. The number of hydrogen-bond acceptors (Lipinski definition) is 5. The molecule has 2 heterocycles. The Balaban J connectivity index is 1.63. The van der Waals surface area contributed by atoms with E-state index in [1.807, 2.05) is 32.2 Å².